The first-order valence-corrected chi connectivity index (χ1v) is 6.62. The van der Waals surface area contributed by atoms with Gasteiger partial charge in [0, 0.05) is 24.7 Å². The number of hydrogen-bond acceptors (Lipinski definition) is 3. The van der Waals surface area contributed by atoms with E-state index in [4.69, 9.17) is 5.26 Å². The molecule has 3 atom stereocenters. The number of rotatable bonds is 4. The zero-order valence-electron chi connectivity index (χ0n) is 10.4. The highest BCUT2D eigenvalue weighted by Gasteiger charge is 2.35. The summed E-state index contributed by atoms with van der Waals surface area (Å²) in [5, 5.41) is 12.6. The molecule has 2 rings (SSSR count). The molecule has 0 aromatic rings. The minimum absolute atomic E-state index is 0.160. The lowest BCUT2D eigenvalue weighted by atomic mass is 9.97. The third kappa shape index (κ3) is 2.56. The summed E-state index contributed by atoms with van der Waals surface area (Å²) >= 11 is 0. The predicted octanol–water partition coefficient (Wildman–Crippen LogP) is 1.75. The fourth-order valence-corrected chi connectivity index (χ4v) is 3.25. The van der Waals surface area contributed by atoms with E-state index >= 15 is 0 Å². The molecular weight excluding hydrogens is 198 g/mol. The summed E-state index contributed by atoms with van der Waals surface area (Å²) in [5.41, 5.74) is 0. The summed E-state index contributed by atoms with van der Waals surface area (Å²) in [6.45, 7) is 6.26. The fraction of sp³-hybridized carbons (Fsp3) is 0.923. The van der Waals surface area contributed by atoms with Crippen molar-refractivity contribution in [3.05, 3.63) is 0 Å². The van der Waals surface area contributed by atoms with E-state index in [1.165, 1.54) is 25.7 Å². The summed E-state index contributed by atoms with van der Waals surface area (Å²) in [5.74, 6) is 0.160. The van der Waals surface area contributed by atoms with Crippen molar-refractivity contribution in [2.45, 2.75) is 57.7 Å². The van der Waals surface area contributed by atoms with E-state index in [-0.39, 0.29) is 5.92 Å². The second-order valence-electron chi connectivity index (χ2n) is 5.38. The molecule has 2 saturated heterocycles. The van der Waals surface area contributed by atoms with E-state index in [9.17, 15) is 0 Å². The summed E-state index contributed by atoms with van der Waals surface area (Å²) in [7, 11) is 0. The quantitative estimate of drug-likeness (QED) is 0.786. The molecule has 16 heavy (non-hydrogen) atoms. The van der Waals surface area contributed by atoms with E-state index in [2.05, 4.69) is 23.2 Å². The van der Waals surface area contributed by atoms with Crippen LogP contribution >= 0.6 is 0 Å². The molecule has 0 aliphatic carbocycles. The minimum atomic E-state index is 0.160. The molecule has 0 amide bonds. The number of piperidine rings is 1. The van der Waals surface area contributed by atoms with Crippen LogP contribution in [-0.2, 0) is 0 Å². The molecule has 0 spiro atoms. The zero-order chi connectivity index (χ0) is 11.5. The molecular formula is C13H23N3. The number of fused-ring (bicyclic) bond motifs is 2. The maximum atomic E-state index is 8.90. The smallest absolute Gasteiger partial charge is 0.0666 e. The Morgan fingerprint density at radius 3 is 2.50 bits per heavy atom. The van der Waals surface area contributed by atoms with Gasteiger partial charge in [-0.25, -0.2) is 0 Å². The third-order valence-corrected chi connectivity index (χ3v) is 4.10. The molecule has 2 heterocycles. The Morgan fingerprint density at radius 2 is 2.00 bits per heavy atom. The lowest BCUT2D eigenvalue weighted by Crippen LogP contribution is -2.49. The van der Waals surface area contributed by atoms with Crippen LogP contribution in [0.25, 0.3) is 0 Å². The highest BCUT2D eigenvalue weighted by atomic mass is 15.2. The van der Waals surface area contributed by atoms with Crippen LogP contribution in [0.2, 0.25) is 0 Å². The maximum Gasteiger partial charge on any atom is 0.0666 e. The minimum Gasteiger partial charge on any atom is -0.311 e. The van der Waals surface area contributed by atoms with Gasteiger partial charge in [0.25, 0.3) is 0 Å². The van der Waals surface area contributed by atoms with Crippen LogP contribution in [0.5, 0.6) is 0 Å². The van der Waals surface area contributed by atoms with Crippen LogP contribution in [-0.4, -0.2) is 36.1 Å². The van der Waals surface area contributed by atoms with E-state index in [0.29, 0.717) is 6.04 Å². The van der Waals surface area contributed by atoms with Crippen molar-refractivity contribution in [3.63, 3.8) is 0 Å². The van der Waals surface area contributed by atoms with Crippen LogP contribution in [0.3, 0.4) is 0 Å². The van der Waals surface area contributed by atoms with Gasteiger partial charge in [-0.15, -0.1) is 0 Å². The van der Waals surface area contributed by atoms with Crippen molar-refractivity contribution >= 4 is 0 Å². The van der Waals surface area contributed by atoms with E-state index in [0.717, 1.165) is 25.2 Å². The van der Waals surface area contributed by atoms with Gasteiger partial charge in [-0.3, -0.25) is 4.90 Å². The van der Waals surface area contributed by atoms with Crippen molar-refractivity contribution < 1.29 is 0 Å². The number of nitriles is 1. The Morgan fingerprint density at radius 1 is 1.38 bits per heavy atom. The lowest BCUT2D eigenvalue weighted by molar-refractivity contribution is 0.139. The Hall–Kier alpha value is -0.590. The van der Waals surface area contributed by atoms with Gasteiger partial charge >= 0.3 is 0 Å². The molecule has 1 N–H and O–H groups in total. The molecule has 2 aliphatic rings. The SMILES string of the molecule is CCN(CC(C)C#N)C1CC2CCC(C1)N2. The second kappa shape index (κ2) is 5.16. The van der Waals surface area contributed by atoms with Crippen LogP contribution in [0, 0.1) is 17.2 Å². The lowest BCUT2D eigenvalue weighted by Gasteiger charge is -2.37. The molecule has 0 aromatic heterocycles. The molecule has 3 unspecified atom stereocenters. The number of nitrogens with one attached hydrogen (secondary N) is 1. The Labute approximate surface area is 98.8 Å². The van der Waals surface area contributed by atoms with Crippen molar-refractivity contribution in [1.82, 2.24) is 10.2 Å². The topological polar surface area (TPSA) is 39.1 Å². The first kappa shape index (κ1) is 11.9. The molecule has 3 heteroatoms. The first-order valence-electron chi connectivity index (χ1n) is 6.62. The van der Waals surface area contributed by atoms with Crippen LogP contribution < -0.4 is 5.32 Å². The maximum absolute atomic E-state index is 8.90. The van der Waals surface area contributed by atoms with Crippen LogP contribution in [0.15, 0.2) is 0 Å². The van der Waals surface area contributed by atoms with Gasteiger partial charge < -0.3 is 5.32 Å². The average Bonchev–Trinajstić information content (AvgIpc) is 2.64. The van der Waals surface area contributed by atoms with Gasteiger partial charge in [0.1, 0.15) is 0 Å². The van der Waals surface area contributed by atoms with Crippen molar-refractivity contribution in [3.8, 4) is 6.07 Å². The molecule has 2 aliphatic heterocycles. The summed E-state index contributed by atoms with van der Waals surface area (Å²) in [6.07, 6.45) is 5.27. The standard InChI is InChI=1S/C13H23N3/c1-3-16(9-10(2)8-14)13-6-11-4-5-12(7-13)15-11/h10-13,15H,3-7,9H2,1-2H3. The fourth-order valence-electron chi connectivity index (χ4n) is 3.25. The molecule has 0 saturated carbocycles. The van der Waals surface area contributed by atoms with Crippen molar-refractivity contribution in [2.75, 3.05) is 13.1 Å². The first-order chi connectivity index (χ1) is 7.72. The molecule has 2 fully saturated rings. The molecule has 2 bridgehead atoms. The Balaban J connectivity index is 1.92. The second-order valence-corrected chi connectivity index (χ2v) is 5.38. The average molecular weight is 221 g/mol. The van der Waals surface area contributed by atoms with Gasteiger partial charge in [0.15, 0.2) is 0 Å². The van der Waals surface area contributed by atoms with Gasteiger partial charge in [0.05, 0.1) is 12.0 Å². The molecule has 0 radical (unpaired) electrons. The summed E-state index contributed by atoms with van der Waals surface area (Å²) < 4.78 is 0. The normalized spacial score (nSPS) is 35.0. The predicted molar refractivity (Wildman–Crippen MR) is 65.0 cm³/mol. The van der Waals surface area contributed by atoms with E-state index < -0.39 is 0 Å². The Bertz CT molecular complexity index is 259. The van der Waals surface area contributed by atoms with E-state index in [1.54, 1.807) is 0 Å². The number of hydrogen-bond donors (Lipinski definition) is 1. The Kier molecular flexibility index (Phi) is 3.83. The van der Waals surface area contributed by atoms with Gasteiger partial charge in [-0.2, -0.15) is 5.26 Å². The number of nitrogens with zero attached hydrogens (tertiary/aromatic N) is 2. The van der Waals surface area contributed by atoms with Crippen molar-refractivity contribution in [1.29, 1.82) is 5.26 Å². The highest BCUT2D eigenvalue weighted by molar-refractivity contribution is 4.96. The van der Waals surface area contributed by atoms with Gasteiger partial charge in [0.2, 0.25) is 0 Å². The zero-order valence-corrected chi connectivity index (χ0v) is 10.4. The van der Waals surface area contributed by atoms with Crippen LogP contribution in [0.1, 0.15) is 39.5 Å². The van der Waals surface area contributed by atoms with Gasteiger partial charge in [-0.1, -0.05) is 6.92 Å². The monoisotopic (exact) mass is 221 g/mol. The largest absolute Gasteiger partial charge is 0.311 e. The highest BCUT2D eigenvalue weighted by Crippen LogP contribution is 2.29. The molecule has 3 nitrogen and oxygen atoms in total. The van der Waals surface area contributed by atoms with Gasteiger partial charge in [-0.05, 0) is 39.2 Å². The summed E-state index contributed by atoms with van der Waals surface area (Å²) in [4.78, 5) is 2.51. The molecule has 0 aromatic carbocycles. The molecule has 90 valence electrons. The third-order valence-electron chi connectivity index (χ3n) is 4.10. The van der Waals surface area contributed by atoms with E-state index in [1.807, 2.05) is 6.92 Å². The van der Waals surface area contributed by atoms with Crippen molar-refractivity contribution in [2.24, 2.45) is 5.92 Å². The van der Waals surface area contributed by atoms with Crippen LogP contribution in [0.4, 0.5) is 0 Å². The summed E-state index contributed by atoms with van der Waals surface area (Å²) in [6, 6.07) is 4.55.